The third kappa shape index (κ3) is 5.37. The summed E-state index contributed by atoms with van der Waals surface area (Å²) in [5.74, 6) is 0.795. The quantitative estimate of drug-likeness (QED) is 0.739. The van der Waals surface area contributed by atoms with Crippen LogP contribution in [0.5, 0.6) is 0 Å². The minimum Gasteiger partial charge on any atom is -0.332 e. The lowest BCUT2D eigenvalue weighted by Crippen LogP contribution is -2.27. The van der Waals surface area contributed by atoms with E-state index in [1.807, 2.05) is 12.1 Å². The van der Waals surface area contributed by atoms with E-state index in [9.17, 15) is 9.59 Å². The zero-order chi connectivity index (χ0) is 15.8. The summed E-state index contributed by atoms with van der Waals surface area (Å²) in [6, 6.07) is 8.06. The fourth-order valence-electron chi connectivity index (χ4n) is 2.42. The molecule has 2 rings (SSSR count). The predicted molar refractivity (Wildman–Crippen MR) is 92.3 cm³/mol. The fourth-order valence-corrected chi connectivity index (χ4v) is 3.27. The summed E-state index contributed by atoms with van der Waals surface area (Å²) in [5, 5.41) is 2.98. The monoisotopic (exact) mass is 320 g/mol. The van der Waals surface area contributed by atoms with Gasteiger partial charge in [0, 0.05) is 31.0 Å². The maximum absolute atomic E-state index is 11.9. The smallest absolute Gasteiger partial charge is 0.281 e. The number of amides is 2. The number of carbonyl (C=O) groups is 2. The van der Waals surface area contributed by atoms with Gasteiger partial charge in [-0.2, -0.15) is 0 Å². The van der Waals surface area contributed by atoms with Crippen molar-refractivity contribution in [2.75, 3.05) is 24.2 Å². The topological polar surface area (TPSA) is 49.4 Å². The zero-order valence-corrected chi connectivity index (χ0v) is 14.0. The van der Waals surface area contributed by atoms with Crippen molar-refractivity contribution >= 4 is 28.6 Å². The molecular formula is C17H24N2O2S. The number of nitrogens with one attached hydrogen (secondary N) is 1. The van der Waals surface area contributed by atoms with Crippen LogP contribution in [-0.2, 0) is 11.2 Å². The van der Waals surface area contributed by atoms with Crippen LogP contribution in [0.25, 0.3) is 0 Å². The van der Waals surface area contributed by atoms with Gasteiger partial charge in [-0.25, -0.2) is 0 Å². The standard InChI is InChI=1S/C17H24N2O2S/c1-2-3-4-5-14-6-8-15(9-7-14)18-16(20)10-11-19-12-13-22-17(19)21/h6-9H,2-5,10-13H2,1H3,(H,18,20). The van der Waals surface area contributed by atoms with Crippen LogP contribution in [0, 0.1) is 0 Å². The first-order valence-corrected chi connectivity index (χ1v) is 8.98. The molecule has 0 bridgehead atoms. The third-order valence-corrected chi connectivity index (χ3v) is 4.65. The minimum absolute atomic E-state index is 0.0385. The van der Waals surface area contributed by atoms with E-state index in [4.69, 9.17) is 0 Å². The molecule has 1 aromatic carbocycles. The largest absolute Gasteiger partial charge is 0.332 e. The molecule has 0 radical (unpaired) electrons. The Morgan fingerprint density at radius 2 is 2.05 bits per heavy atom. The normalized spacial score (nSPS) is 14.4. The summed E-state index contributed by atoms with van der Waals surface area (Å²) in [4.78, 5) is 25.1. The van der Waals surface area contributed by atoms with Gasteiger partial charge in [-0.05, 0) is 30.5 Å². The van der Waals surface area contributed by atoms with Gasteiger partial charge in [-0.3, -0.25) is 9.59 Å². The summed E-state index contributed by atoms with van der Waals surface area (Å²) >= 11 is 1.33. The molecule has 1 N–H and O–H groups in total. The van der Waals surface area contributed by atoms with Crippen LogP contribution in [-0.4, -0.2) is 34.9 Å². The molecule has 4 nitrogen and oxygen atoms in total. The van der Waals surface area contributed by atoms with Crippen molar-refractivity contribution in [2.24, 2.45) is 0 Å². The van der Waals surface area contributed by atoms with Gasteiger partial charge >= 0.3 is 0 Å². The number of rotatable bonds is 8. The Bertz CT molecular complexity index is 502. The second kappa shape index (κ2) is 8.83. The molecule has 0 spiro atoms. The Hall–Kier alpha value is -1.49. The van der Waals surface area contributed by atoms with Gasteiger partial charge in [0.1, 0.15) is 0 Å². The van der Waals surface area contributed by atoms with E-state index in [-0.39, 0.29) is 11.1 Å². The highest BCUT2D eigenvalue weighted by Crippen LogP contribution is 2.17. The lowest BCUT2D eigenvalue weighted by Gasteiger charge is -2.14. The van der Waals surface area contributed by atoms with Crippen LogP contribution < -0.4 is 5.32 Å². The van der Waals surface area contributed by atoms with Gasteiger partial charge < -0.3 is 10.2 Å². The molecule has 1 heterocycles. The van der Waals surface area contributed by atoms with Gasteiger partial charge in [0.25, 0.3) is 5.24 Å². The van der Waals surface area contributed by atoms with Crippen molar-refractivity contribution < 1.29 is 9.59 Å². The molecule has 1 aromatic rings. The summed E-state index contributed by atoms with van der Waals surface area (Å²) in [5.41, 5.74) is 2.14. The van der Waals surface area contributed by atoms with E-state index in [2.05, 4.69) is 24.4 Å². The molecule has 1 fully saturated rings. The molecule has 1 saturated heterocycles. The van der Waals surface area contributed by atoms with Crippen molar-refractivity contribution in [3.63, 3.8) is 0 Å². The van der Waals surface area contributed by atoms with E-state index < -0.39 is 0 Å². The van der Waals surface area contributed by atoms with Crippen molar-refractivity contribution in [3.05, 3.63) is 29.8 Å². The Morgan fingerprint density at radius 3 is 2.68 bits per heavy atom. The molecule has 0 unspecified atom stereocenters. The number of thioether (sulfide) groups is 1. The lowest BCUT2D eigenvalue weighted by atomic mass is 10.1. The summed E-state index contributed by atoms with van der Waals surface area (Å²) < 4.78 is 0. The Kier molecular flexibility index (Phi) is 6.77. The molecule has 5 heteroatoms. The Balaban J connectivity index is 1.73. The number of hydrogen-bond donors (Lipinski definition) is 1. The van der Waals surface area contributed by atoms with Crippen LogP contribution >= 0.6 is 11.8 Å². The van der Waals surface area contributed by atoms with Gasteiger partial charge in [0.2, 0.25) is 5.91 Å². The molecule has 0 aromatic heterocycles. The summed E-state index contributed by atoms with van der Waals surface area (Å²) in [6.07, 6.45) is 5.14. The molecule has 120 valence electrons. The lowest BCUT2D eigenvalue weighted by molar-refractivity contribution is -0.116. The molecule has 2 amide bonds. The van der Waals surface area contributed by atoms with Crippen LogP contribution in [0.2, 0.25) is 0 Å². The second-order valence-corrected chi connectivity index (χ2v) is 6.60. The van der Waals surface area contributed by atoms with E-state index in [0.29, 0.717) is 13.0 Å². The molecule has 0 aliphatic carbocycles. The van der Waals surface area contributed by atoms with Crippen molar-refractivity contribution in [1.82, 2.24) is 4.90 Å². The molecule has 1 aliphatic rings. The van der Waals surface area contributed by atoms with Gasteiger partial charge in [0.15, 0.2) is 0 Å². The molecule has 0 atom stereocenters. The predicted octanol–water partition coefficient (Wildman–Crippen LogP) is 3.92. The van der Waals surface area contributed by atoms with Crippen molar-refractivity contribution in [2.45, 2.75) is 39.0 Å². The third-order valence-electron chi connectivity index (χ3n) is 3.76. The first-order valence-electron chi connectivity index (χ1n) is 7.99. The summed E-state index contributed by atoms with van der Waals surface area (Å²) in [7, 11) is 0. The van der Waals surface area contributed by atoms with Gasteiger partial charge in [-0.15, -0.1) is 0 Å². The molecular weight excluding hydrogens is 296 g/mol. The SMILES string of the molecule is CCCCCc1ccc(NC(=O)CCN2CCSC2=O)cc1. The van der Waals surface area contributed by atoms with Crippen LogP contribution in [0.3, 0.4) is 0 Å². The first kappa shape index (κ1) is 16.9. The molecule has 1 aliphatic heterocycles. The highest BCUT2D eigenvalue weighted by atomic mass is 32.2. The maximum atomic E-state index is 11.9. The van der Waals surface area contributed by atoms with Crippen molar-refractivity contribution in [3.8, 4) is 0 Å². The number of nitrogens with zero attached hydrogens (tertiary/aromatic N) is 1. The van der Waals surface area contributed by atoms with E-state index >= 15 is 0 Å². The van der Waals surface area contributed by atoms with E-state index in [1.54, 1.807) is 4.90 Å². The number of hydrogen-bond acceptors (Lipinski definition) is 3. The fraction of sp³-hybridized carbons (Fsp3) is 0.529. The number of unbranched alkanes of at least 4 members (excludes halogenated alkanes) is 2. The van der Waals surface area contributed by atoms with E-state index in [1.165, 1.54) is 36.6 Å². The van der Waals surface area contributed by atoms with Gasteiger partial charge in [-0.1, -0.05) is 43.7 Å². The zero-order valence-electron chi connectivity index (χ0n) is 13.1. The Morgan fingerprint density at radius 1 is 1.27 bits per heavy atom. The minimum atomic E-state index is -0.0385. The second-order valence-electron chi connectivity index (χ2n) is 5.55. The van der Waals surface area contributed by atoms with Gasteiger partial charge in [0.05, 0.1) is 0 Å². The average molecular weight is 320 g/mol. The highest BCUT2D eigenvalue weighted by Gasteiger charge is 2.21. The number of benzene rings is 1. The van der Waals surface area contributed by atoms with Crippen LogP contribution in [0.15, 0.2) is 24.3 Å². The number of aryl methyl sites for hydroxylation is 1. The first-order chi connectivity index (χ1) is 10.7. The van der Waals surface area contributed by atoms with Crippen LogP contribution in [0.1, 0.15) is 38.2 Å². The molecule has 0 saturated carbocycles. The number of carbonyl (C=O) groups excluding carboxylic acids is 2. The van der Waals surface area contributed by atoms with Crippen molar-refractivity contribution in [1.29, 1.82) is 0 Å². The highest BCUT2D eigenvalue weighted by molar-refractivity contribution is 8.13. The van der Waals surface area contributed by atoms with Crippen LogP contribution in [0.4, 0.5) is 10.5 Å². The average Bonchev–Trinajstić information content (AvgIpc) is 2.92. The van der Waals surface area contributed by atoms with E-state index in [0.717, 1.165) is 24.4 Å². The Labute approximate surface area is 136 Å². The number of anilines is 1. The maximum Gasteiger partial charge on any atom is 0.281 e. The summed E-state index contributed by atoms with van der Waals surface area (Å²) in [6.45, 7) is 3.46. The molecule has 22 heavy (non-hydrogen) atoms.